The van der Waals surface area contributed by atoms with Gasteiger partial charge in [0.2, 0.25) is 11.9 Å². The monoisotopic (exact) mass is 351 g/mol. The fourth-order valence-corrected chi connectivity index (χ4v) is 3.97. The van der Waals surface area contributed by atoms with Crippen molar-refractivity contribution in [3.63, 3.8) is 0 Å². The van der Waals surface area contributed by atoms with E-state index in [1.165, 1.54) is 6.42 Å². The molecule has 1 aliphatic heterocycles. The highest BCUT2D eigenvalue weighted by Gasteiger charge is 2.42. The number of anilines is 1. The van der Waals surface area contributed by atoms with E-state index in [-0.39, 0.29) is 5.96 Å². The van der Waals surface area contributed by atoms with Crippen LogP contribution in [0, 0.1) is 13.8 Å². The Morgan fingerprint density at radius 1 is 1.12 bits per heavy atom. The molecule has 2 aliphatic rings. The summed E-state index contributed by atoms with van der Waals surface area (Å²) in [5, 5.41) is 0. The summed E-state index contributed by atoms with van der Waals surface area (Å²) in [6.45, 7) is 4.03. The Hall–Kier alpha value is -2.83. The third kappa shape index (κ3) is 2.73. The average molecular weight is 351 g/mol. The van der Waals surface area contributed by atoms with Crippen LogP contribution in [0.15, 0.2) is 34.3 Å². The lowest BCUT2D eigenvalue weighted by molar-refractivity contribution is 0.305. The van der Waals surface area contributed by atoms with E-state index in [0.717, 1.165) is 54.1 Å². The van der Waals surface area contributed by atoms with Crippen molar-refractivity contribution in [1.82, 2.24) is 9.97 Å². The molecule has 2 heterocycles. The van der Waals surface area contributed by atoms with E-state index in [9.17, 15) is 0 Å². The van der Waals surface area contributed by atoms with Crippen molar-refractivity contribution in [3.8, 4) is 11.4 Å². The number of imidazole rings is 1. The Morgan fingerprint density at radius 3 is 2.58 bits per heavy atom. The second kappa shape index (κ2) is 6.16. The highest BCUT2D eigenvalue weighted by Crippen LogP contribution is 2.40. The predicted octanol–water partition coefficient (Wildman–Crippen LogP) is 2.80. The largest absolute Gasteiger partial charge is 0.369 e. The Labute approximate surface area is 153 Å². The van der Waals surface area contributed by atoms with Crippen LogP contribution < -0.4 is 16.4 Å². The number of nitrogens with one attached hydrogen (secondary N) is 1. The van der Waals surface area contributed by atoms with Crippen molar-refractivity contribution in [2.75, 3.05) is 4.90 Å². The van der Waals surface area contributed by atoms with Crippen molar-refractivity contribution in [3.05, 3.63) is 35.7 Å². The van der Waals surface area contributed by atoms with Gasteiger partial charge in [-0.3, -0.25) is 4.90 Å². The predicted molar refractivity (Wildman–Crippen MR) is 105 cm³/mol. The van der Waals surface area contributed by atoms with Crippen LogP contribution in [-0.2, 0) is 0 Å². The molecule has 1 aliphatic carbocycles. The quantitative estimate of drug-likeness (QED) is 0.773. The zero-order valence-electron chi connectivity index (χ0n) is 15.3. The minimum absolute atomic E-state index is 0.272. The molecule has 4 rings (SSSR count). The average Bonchev–Trinajstić information content (AvgIpc) is 2.94. The van der Waals surface area contributed by atoms with Gasteiger partial charge in [0.1, 0.15) is 11.5 Å². The first-order valence-corrected chi connectivity index (χ1v) is 9.12. The Kier molecular flexibility index (Phi) is 3.94. The van der Waals surface area contributed by atoms with Gasteiger partial charge in [-0.1, -0.05) is 18.6 Å². The number of nitrogens with zero attached hydrogens (tertiary/aromatic N) is 4. The lowest BCUT2D eigenvalue weighted by atomic mass is 9.87. The topological polar surface area (TPSA) is 109 Å². The summed E-state index contributed by atoms with van der Waals surface area (Å²) in [5.41, 5.74) is 15.9. The van der Waals surface area contributed by atoms with Gasteiger partial charge < -0.3 is 16.5 Å². The first kappa shape index (κ1) is 16.6. The molecule has 136 valence electrons. The van der Waals surface area contributed by atoms with Crippen molar-refractivity contribution in [2.45, 2.75) is 51.6 Å². The van der Waals surface area contributed by atoms with Crippen molar-refractivity contribution in [2.24, 2.45) is 21.5 Å². The number of benzene rings is 1. The summed E-state index contributed by atoms with van der Waals surface area (Å²) in [5.74, 6) is 1.53. The van der Waals surface area contributed by atoms with Crippen LogP contribution in [0.3, 0.4) is 0 Å². The highest BCUT2D eigenvalue weighted by atomic mass is 15.4. The molecule has 0 radical (unpaired) electrons. The van der Waals surface area contributed by atoms with E-state index >= 15 is 0 Å². The summed E-state index contributed by atoms with van der Waals surface area (Å²) in [6, 6.07) is 8.20. The van der Waals surface area contributed by atoms with Gasteiger partial charge in [0.05, 0.1) is 5.69 Å². The lowest BCUT2D eigenvalue weighted by Crippen LogP contribution is -2.58. The van der Waals surface area contributed by atoms with Crippen LogP contribution in [0.1, 0.15) is 43.5 Å². The summed E-state index contributed by atoms with van der Waals surface area (Å²) >= 11 is 0. The third-order valence-electron chi connectivity index (χ3n) is 5.36. The molecule has 0 unspecified atom stereocenters. The summed E-state index contributed by atoms with van der Waals surface area (Å²) in [6.07, 6.45) is 5.28. The summed E-state index contributed by atoms with van der Waals surface area (Å²) in [4.78, 5) is 19.0. The van der Waals surface area contributed by atoms with Crippen LogP contribution >= 0.6 is 0 Å². The van der Waals surface area contributed by atoms with E-state index in [2.05, 4.69) is 25.9 Å². The number of hydrogen-bond donors (Lipinski definition) is 3. The molecule has 0 atom stereocenters. The molecule has 26 heavy (non-hydrogen) atoms. The number of nitrogens with two attached hydrogens (primary N) is 2. The second-order valence-electron chi connectivity index (χ2n) is 7.16. The molecule has 7 nitrogen and oxygen atoms in total. The Balaban J connectivity index is 1.78. The Morgan fingerprint density at radius 2 is 1.88 bits per heavy atom. The lowest BCUT2D eigenvalue weighted by Gasteiger charge is -2.45. The number of aromatic nitrogens is 2. The molecule has 0 saturated heterocycles. The molecule has 0 bridgehead atoms. The number of rotatable bonds is 2. The fraction of sp³-hybridized carbons (Fsp3) is 0.421. The van der Waals surface area contributed by atoms with E-state index in [4.69, 9.17) is 16.5 Å². The summed E-state index contributed by atoms with van der Waals surface area (Å²) < 4.78 is 0. The van der Waals surface area contributed by atoms with Crippen LogP contribution in [0.25, 0.3) is 11.4 Å². The van der Waals surface area contributed by atoms with Crippen molar-refractivity contribution < 1.29 is 0 Å². The first-order chi connectivity index (χ1) is 12.5. The van der Waals surface area contributed by atoms with Crippen LogP contribution in [0.2, 0.25) is 0 Å². The van der Waals surface area contributed by atoms with Crippen LogP contribution in [0.4, 0.5) is 5.69 Å². The fourth-order valence-electron chi connectivity index (χ4n) is 3.97. The van der Waals surface area contributed by atoms with Crippen molar-refractivity contribution >= 4 is 17.6 Å². The standard InChI is InChI=1S/C19H25N7/c1-12-13(2)23-16(22-12)14-7-6-8-15(11-14)26-18(21)24-17(20)25-19(26)9-4-3-5-10-19/h6-8,11H,3-5,9-10H2,1-2H3,(H,22,23)(H4,20,21,24,25). The number of guanidine groups is 2. The molecule has 1 fully saturated rings. The zero-order valence-corrected chi connectivity index (χ0v) is 15.3. The van der Waals surface area contributed by atoms with Gasteiger partial charge >= 0.3 is 0 Å². The van der Waals surface area contributed by atoms with Gasteiger partial charge in [0, 0.05) is 16.9 Å². The highest BCUT2D eigenvalue weighted by molar-refractivity contribution is 6.05. The molecular weight excluding hydrogens is 326 g/mol. The number of aryl methyl sites for hydroxylation is 2. The minimum Gasteiger partial charge on any atom is -0.369 e. The summed E-state index contributed by atoms with van der Waals surface area (Å²) in [7, 11) is 0. The molecule has 2 aromatic rings. The Bertz CT molecular complexity index is 868. The third-order valence-corrected chi connectivity index (χ3v) is 5.36. The maximum atomic E-state index is 6.32. The second-order valence-corrected chi connectivity index (χ2v) is 7.16. The molecule has 1 aromatic carbocycles. The molecule has 1 saturated carbocycles. The van der Waals surface area contributed by atoms with Gasteiger partial charge in [-0.2, -0.15) is 4.99 Å². The van der Waals surface area contributed by atoms with Gasteiger partial charge in [0.25, 0.3) is 0 Å². The molecule has 7 heteroatoms. The van der Waals surface area contributed by atoms with Gasteiger partial charge in [-0.05, 0) is 51.7 Å². The number of aliphatic imine (C=N–C) groups is 2. The van der Waals surface area contributed by atoms with Crippen LogP contribution in [-0.4, -0.2) is 27.5 Å². The molecule has 5 N–H and O–H groups in total. The number of H-pyrrole nitrogens is 1. The maximum absolute atomic E-state index is 6.32. The molecular formula is C19H25N7. The SMILES string of the molecule is Cc1nc(-c2cccc(N3C(N)=NC(N)=NC34CCCCC4)c2)[nH]c1C. The van der Waals surface area contributed by atoms with E-state index in [0.29, 0.717) is 5.96 Å². The van der Waals surface area contributed by atoms with Gasteiger partial charge in [-0.15, -0.1) is 0 Å². The zero-order chi connectivity index (χ0) is 18.3. The maximum Gasteiger partial charge on any atom is 0.220 e. The number of hydrogen-bond acceptors (Lipinski definition) is 6. The smallest absolute Gasteiger partial charge is 0.220 e. The van der Waals surface area contributed by atoms with Crippen molar-refractivity contribution in [1.29, 1.82) is 0 Å². The van der Waals surface area contributed by atoms with Crippen LogP contribution in [0.5, 0.6) is 0 Å². The molecule has 1 spiro atoms. The first-order valence-electron chi connectivity index (χ1n) is 9.12. The number of aromatic amines is 1. The van der Waals surface area contributed by atoms with Gasteiger partial charge in [-0.25, -0.2) is 9.98 Å². The normalized spacial score (nSPS) is 19.4. The molecule has 1 aromatic heterocycles. The van der Waals surface area contributed by atoms with E-state index in [1.807, 2.05) is 32.0 Å². The minimum atomic E-state index is -0.429. The van der Waals surface area contributed by atoms with E-state index in [1.54, 1.807) is 0 Å². The molecule has 0 amide bonds. The van der Waals surface area contributed by atoms with E-state index < -0.39 is 5.66 Å². The van der Waals surface area contributed by atoms with Gasteiger partial charge in [0.15, 0.2) is 0 Å².